The van der Waals surface area contributed by atoms with Gasteiger partial charge in [-0.25, -0.2) is 9.78 Å². The maximum atomic E-state index is 12.4. The Morgan fingerprint density at radius 1 is 1.18 bits per heavy atom. The van der Waals surface area contributed by atoms with Crippen LogP contribution in [-0.4, -0.2) is 50.5 Å². The van der Waals surface area contributed by atoms with Crippen molar-refractivity contribution in [2.75, 3.05) is 38.3 Å². The SMILES string of the molecule is COc1cccc2sc(N3CC(OC(=O)c4ccc5c(c4)OCCO5)C3)nc12. The average Bonchev–Trinajstić information content (AvgIpc) is 3.13. The Morgan fingerprint density at radius 3 is 2.82 bits per heavy atom. The second kappa shape index (κ2) is 6.87. The van der Waals surface area contributed by atoms with E-state index < -0.39 is 0 Å². The molecular weight excluding hydrogens is 380 g/mol. The van der Waals surface area contributed by atoms with Crippen LogP contribution in [0.1, 0.15) is 10.4 Å². The number of aromatic nitrogens is 1. The summed E-state index contributed by atoms with van der Waals surface area (Å²) < 4.78 is 23.1. The Balaban J connectivity index is 1.23. The lowest BCUT2D eigenvalue weighted by molar-refractivity contribution is 0.0233. The summed E-state index contributed by atoms with van der Waals surface area (Å²) in [5, 5.41) is 0.908. The number of methoxy groups -OCH3 is 1. The molecule has 0 saturated carbocycles. The van der Waals surface area contributed by atoms with Gasteiger partial charge in [-0.2, -0.15) is 0 Å². The number of rotatable bonds is 4. The molecule has 0 aliphatic carbocycles. The third-order valence-electron chi connectivity index (χ3n) is 4.76. The minimum Gasteiger partial charge on any atom is -0.494 e. The molecule has 1 aromatic heterocycles. The number of carbonyl (C=O) groups is 1. The molecule has 0 atom stereocenters. The molecule has 3 aromatic rings. The van der Waals surface area contributed by atoms with Gasteiger partial charge in [0.15, 0.2) is 16.6 Å². The maximum absolute atomic E-state index is 12.4. The lowest BCUT2D eigenvalue weighted by Gasteiger charge is -2.38. The van der Waals surface area contributed by atoms with E-state index in [0.717, 1.165) is 21.1 Å². The molecule has 2 aliphatic heterocycles. The van der Waals surface area contributed by atoms with Crippen molar-refractivity contribution in [3.8, 4) is 17.2 Å². The van der Waals surface area contributed by atoms with E-state index in [-0.39, 0.29) is 12.1 Å². The van der Waals surface area contributed by atoms with Gasteiger partial charge in [0.2, 0.25) is 0 Å². The first kappa shape index (κ1) is 17.1. The smallest absolute Gasteiger partial charge is 0.338 e. The minimum atomic E-state index is -0.354. The fraction of sp³-hybridized carbons (Fsp3) is 0.300. The molecule has 0 unspecified atom stereocenters. The van der Waals surface area contributed by atoms with Crippen LogP contribution in [-0.2, 0) is 4.74 Å². The Kier molecular flexibility index (Phi) is 4.20. The van der Waals surface area contributed by atoms with Crippen LogP contribution in [0.2, 0.25) is 0 Å². The number of thiazole rings is 1. The van der Waals surface area contributed by atoms with Gasteiger partial charge >= 0.3 is 5.97 Å². The molecule has 0 bridgehead atoms. The van der Waals surface area contributed by atoms with Gasteiger partial charge in [0.25, 0.3) is 0 Å². The first-order valence-corrected chi connectivity index (χ1v) is 9.82. The molecule has 1 saturated heterocycles. The van der Waals surface area contributed by atoms with E-state index in [1.54, 1.807) is 36.6 Å². The number of hydrogen-bond acceptors (Lipinski definition) is 8. The zero-order valence-electron chi connectivity index (χ0n) is 15.2. The summed E-state index contributed by atoms with van der Waals surface area (Å²) in [4.78, 5) is 19.2. The highest BCUT2D eigenvalue weighted by Crippen LogP contribution is 2.36. The van der Waals surface area contributed by atoms with Gasteiger partial charge < -0.3 is 23.8 Å². The molecule has 8 heteroatoms. The van der Waals surface area contributed by atoms with Crippen molar-refractivity contribution in [2.45, 2.75) is 6.10 Å². The molecule has 28 heavy (non-hydrogen) atoms. The Morgan fingerprint density at radius 2 is 2.00 bits per heavy atom. The number of esters is 1. The fourth-order valence-corrected chi connectivity index (χ4v) is 4.27. The number of ether oxygens (including phenoxy) is 4. The van der Waals surface area contributed by atoms with Crippen molar-refractivity contribution in [2.24, 2.45) is 0 Å². The van der Waals surface area contributed by atoms with Crippen LogP contribution in [0.3, 0.4) is 0 Å². The summed E-state index contributed by atoms with van der Waals surface area (Å²) in [5.74, 6) is 1.65. The summed E-state index contributed by atoms with van der Waals surface area (Å²) in [6.45, 7) is 2.25. The molecule has 5 rings (SSSR count). The lowest BCUT2D eigenvalue weighted by Crippen LogP contribution is -2.53. The summed E-state index contributed by atoms with van der Waals surface area (Å²) in [6.07, 6.45) is -0.158. The molecule has 2 aromatic carbocycles. The van der Waals surface area contributed by atoms with Crippen LogP contribution < -0.4 is 19.1 Å². The van der Waals surface area contributed by atoms with Crippen molar-refractivity contribution in [1.29, 1.82) is 0 Å². The average molecular weight is 398 g/mol. The second-order valence-corrected chi connectivity index (χ2v) is 7.60. The third kappa shape index (κ3) is 2.99. The van der Waals surface area contributed by atoms with E-state index >= 15 is 0 Å². The molecule has 1 fully saturated rings. The number of nitrogens with zero attached hydrogens (tertiary/aromatic N) is 2. The van der Waals surface area contributed by atoms with E-state index in [9.17, 15) is 4.79 Å². The largest absolute Gasteiger partial charge is 0.494 e. The lowest BCUT2D eigenvalue weighted by atomic mass is 10.1. The van der Waals surface area contributed by atoms with Gasteiger partial charge in [-0.15, -0.1) is 0 Å². The molecule has 0 N–H and O–H groups in total. The van der Waals surface area contributed by atoms with Crippen LogP contribution in [0.4, 0.5) is 5.13 Å². The normalized spacial score (nSPS) is 16.0. The number of carbonyl (C=O) groups excluding carboxylic acids is 1. The van der Waals surface area contributed by atoms with Gasteiger partial charge in [-0.3, -0.25) is 0 Å². The summed E-state index contributed by atoms with van der Waals surface area (Å²) >= 11 is 1.61. The molecule has 2 aliphatic rings. The molecule has 0 spiro atoms. The van der Waals surface area contributed by atoms with E-state index in [4.69, 9.17) is 18.9 Å². The molecule has 0 amide bonds. The fourth-order valence-electron chi connectivity index (χ4n) is 3.27. The standard InChI is InChI=1S/C20H18N2O5S/c1-24-15-3-2-4-17-18(15)21-20(28-17)22-10-13(11-22)27-19(23)12-5-6-14-16(9-12)26-8-7-25-14/h2-6,9,13H,7-8,10-11H2,1H3. The number of fused-ring (bicyclic) bond motifs is 2. The van der Waals surface area contributed by atoms with E-state index in [0.29, 0.717) is 43.4 Å². The highest BCUT2D eigenvalue weighted by Gasteiger charge is 2.33. The second-order valence-electron chi connectivity index (χ2n) is 6.59. The van der Waals surface area contributed by atoms with Crippen LogP contribution in [0.25, 0.3) is 10.2 Å². The highest BCUT2D eigenvalue weighted by molar-refractivity contribution is 7.22. The Bertz CT molecular complexity index is 1040. The monoisotopic (exact) mass is 398 g/mol. The van der Waals surface area contributed by atoms with Gasteiger partial charge in [0.1, 0.15) is 30.6 Å². The quantitative estimate of drug-likeness (QED) is 0.626. The summed E-state index contributed by atoms with van der Waals surface area (Å²) in [6, 6.07) is 11.0. The predicted octanol–water partition coefficient (Wildman–Crippen LogP) is 3.12. The van der Waals surface area contributed by atoms with Crippen molar-refractivity contribution < 1.29 is 23.7 Å². The van der Waals surface area contributed by atoms with Crippen molar-refractivity contribution in [1.82, 2.24) is 4.98 Å². The minimum absolute atomic E-state index is 0.158. The third-order valence-corrected chi connectivity index (χ3v) is 5.84. The van der Waals surface area contributed by atoms with Gasteiger partial charge in [-0.05, 0) is 30.3 Å². The summed E-state index contributed by atoms with van der Waals surface area (Å²) in [5.41, 5.74) is 1.33. The van der Waals surface area contributed by atoms with Crippen LogP contribution >= 0.6 is 11.3 Å². The zero-order valence-corrected chi connectivity index (χ0v) is 16.0. The van der Waals surface area contributed by atoms with Crippen LogP contribution in [0, 0.1) is 0 Å². The molecule has 144 valence electrons. The van der Waals surface area contributed by atoms with Crippen molar-refractivity contribution in [3.63, 3.8) is 0 Å². The number of anilines is 1. The van der Waals surface area contributed by atoms with E-state index in [2.05, 4.69) is 9.88 Å². The van der Waals surface area contributed by atoms with Crippen molar-refractivity contribution in [3.05, 3.63) is 42.0 Å². The zero-order chi connectivity index (χ0) is 19.1. The molecule has 0 radical (unpaired) electrons. The first-order valence-electron chi connectivity index (χ1n) is 9.00. The Labute approximate surface area is 165 Å². The Hall–Kier alpha value is -3.00. The van der Waals surface area contributed by atoms with Crippen LogP contribution in [0.15, 0.2) is 36.4 Å². The number of para-hydroxylation sites is 1. The molecule has 7 nitrogen and oxygen atoms in total. The molecule has 3 heterocycles. The highest BCUT2D eigenvalue weighted by atomic mass is 32.1. The van der Waals surface area contributed by atoms with E-state index in [1.165, 1.54) is 0 Å². The topological polar surface area (TPSA) is 70.1 Å². The summed E-state index contributed by atoms with van der Waals surface area (Å²) in [7, 11) is 1.64. The van der Waals surface area contributed by atoms with Gasteiger partial charge in [0, 0.05) is 0 Å². The van der Waals surface area contributed by atoms with Crippen molar-refractivity contribution >= 4 is 32.7 Å². The van der Waals surface area contributed by atoms with Crippen LogP contribution in [0.5, 0.6) is 17.2 Å². The predicted molar refractivity (Wildman–Crippen MR) is 105 cm³/mol. The molecular formula is C20H18N2O5S. The number of benzene rings is 2. The van der Waals surface area contributed by atoms with Gasteiger partial charge in [0.05, 0.1) is 30.5 Å². The first-order chi connectivity index (χ1) is 13.7. The van der Waals surface area contributed by atoms with Gasteiger partial charge in [-0.1, -0.05) is 17.4 Å². The number of hydrogen-bond donors (Lipinski definition) is 0. The maximum Gasteiger partial charge on any atom is 0.338 e. The van der Waals surface area contributed by atoms with E-state index in [1.807, 2.05) is 18.2 Å².